The maximum atomic E-state index is 13.2. The predicted octanol–water partition coefficient (Wildman–Crippen LogP) is 4.31. The van der Waals surface area contributed by atoms with Crippen molar-refractivity contribution in [2.24, 2.45) is 5.41 Å². The first kappa shape index (κ1) is 17.1. The first-order valence-electron chi connectivity index (χ1n) is 7.42. The van der Waals surface area contributed by atoms with Crippen molar-refractivity contribution in [2.75, 3.05) is 0 Å². The lowest BCUT2D eigenvalue weighted by atomic mass is 9.39. The lowest BCUT2D eigenvalue weighted by Crippen LogP contribution is -2.78. The third-order valence-electron chi connectivity index (χ3n) is 5.19. The Hall–Kier alpha value is -1.73. The van der Waals surface area contributed by atoms with Gasteiger partial charge in [0.05, 0.1) is 5.41 Å². The van der Waals surface area contributed by atoms with Crippen LogP contribution in [-0.2, 0) is 20.0 Å². The molecule has 0 unspecified atom stereocenters. The van der Waals surface area contributed by atoms with E-state index in [2.05, 4.69) is 5.32 Å². The predicted molar refractivity (Wildman–Crippen MR) is 73.4 cm³/mol. The van der Waals surface area contributed by atoms with E-state index in [9.17, 15) is 31.1 Å². The number of amides is 1. The molecule has 3 saturated carbocycles. The van der Waals surface area contributed by atoms with Gasteiger partial charge < -0.3 is 5.32 Å². The summed E-state index contributed by atoms with van der Waals surface area (Å²) < 4.78 is 77.6. The smallest absolute Gasteiger partial charge is 0.347 e. The van der Waals surface area contributed by atoms with E-state index in [4.69, 9.17) is 0 Å². The number of nitrogens with one attached hydrogen (secondary N) is 1. The van der Waals surface area contributed by atoms with Gasteiger partial charge in [0, 0.05) is 16.7 Å². The highest BCUT2D eigenvalue weighted by atomic mass is 19.4. The van der Waals surface area contributed by atoms with E-state index in [1.54, 1.807) is 0 Å². The van der Waals surface area contributed by atoms with Gasteiger partial charge in [0.1, 0.15) is 20.0 Å². The van der Waals surface area contributed by atoms with Gasteiger partial charge in [-0.15, -0.1) is 0 Å². The summed E-state index contributed by atoms with van der Waals surface area (Å²) in [4.78, 5) is 12.3. The van der Waals surface area contributed by atoms with Crippen LogP contribution in [0, 0.1) is 5.41 Å². The summed E-state index contributed by atoms with van der Waals surface area (Å²) in [6.07, 6.45) is -4.88. The van der Waals surface area contributed by atoms with E-state index in [-0.39, 0.29) is 41.5 Å². The average molecular weight is 351 g/mol. The van der Waals surface area contributed by atoms with Gasteiger partial charge in [0.2, 0.25) is 0 Å². The summed E-state index contributed by atoms with van der Waals surface area (Å²) >= 11 is 0. The molecule has 0 atom stereocenters. The largest absolute Gasteiger partial charge is 0.394 e. The molecule has 4 rings (SSSR count). The number of benzene rings is 1. The quantitative estimate of drug-likeness (QED) is 0.787. The van der Waals surface area contributed by atoms with Gasteiger partial charge in [-0.3, -0.25) is 4.79 Å². The lowest BCUT2D eigenvalue weighted by molar-refractivity contribution is -0.336. The molecule has 0 aromatic heterocycles. The number of alkyl halides is 6. The maximum absolute atomic E-state index is 13.2. The lowest BCUT2D eigenvalue weighted by Gasteiger charge is -2.70. The van der Waals surface area contributed by atoms with Gasteiger partial charge in [0.15, 0.2) is 0 Å². The van der Waals surface area contributed by atoms with Crippen LogP contribution >= 0.6 is 0 Å². The first-order chi connectivity index (χ1) is 11.2. The molecule has 1 N–H and O–H groups in total. The molecule has 0 heterocycles. The molecule has 24 heavy (non-hydrogen) atoms. The number of carbonyl (C=O) groups excluding carboxylic acids is 1. The molecule has 0 radical (unpaired) electrons. The van der Waals surface area contributed by atoms with Crippen molar-refractivity contribution in [1.82, 2.24) is 5.32 Å². The highest BCUT2D eigenvalue weighted by Gasteiger charge is 2.79. The second kappa shape index (κ2) is 5.39. The number of carbonyl (C=O) groups is 1. The molecule has 1 aromatic carbocycles. The minimum absolute atomic E-state index is 0.0387. The molecular formula is C16H15F6NO. The van der Waals surface area contributed by atoms with E-state index in [1.165, 1.54) is 12.1 Å². The molecule has 0 aliphatic heterocycles. The van der Waals surface area contributed by atoms with Crippen LogP contribution < -0.4 is 5.32 Å². The van der Waals surface area contributed by atoms with Crippen LogP contribution in [0.5, 0.6) is 0 Å². The van der Waals surface area contributed by atoms with E-state index >= 15 is 0 Å². The van der Waals surface area contributed by atoms with Crippen molar-refractivity contribution < 1.29 is 31.1 Å². The fourth-order valence-electron chi connectivity index (χ4n) is 3.93. The van der Waals surface area contributed by atoms with Gasteiger partial charge in [-0.1, -0.05) is 6.07 Å². The third-order valence-corrected chi connectivity index (χ3v) is 5.19. The van der Waals surface area contributed by atoms with Gasteiger partial charge in [-0.25, -0.2) is 13.2 Å². The molecule has 8 heteroatoms. The topological polar surface area (TPSA) is 29.1 Å². The van der Waals surface area contributed by atoms with Gasteiger partial charge >= 0.3 is 6.18 Å². The van der Waals surface area contributed by atoms with Crippen LogP contribution in [0.1, 0.15) is 46.3 Å². The molecular weight excluding hydrogens is 336 g/mol. The van der Waals surface area contributed by atoms with Crippen molar-refractivity contribution in [1.29, 1.82) is 0 Å². The van der Waals surface area contributed by atoms with Crippen LogP contribution in [0.4, 0.5) is 26.3 Å². The van der Waals surface area contributed by atoms with E-state index in [0.717, 1.165) is 0 Å². The van der Waals surface area contributed by atoms with Crippen molar-refractivity contribution in [3.8, 4) is 0 Å². The second-order valence-electron chi connectivity index (χ2n) is 6.67. The summed E-state index contributed by atoms with van der Waals surface area (Å²) in [6.45, 7) is -3.27. The van der Waals surface area contributed by atoms with Crippen LogP contribution in [0.25, 0.3) is 0 Å². The van der Waals surface area contributed by atoms with Crippen LogP contribution in [-0.4, -0.2) is 17.6 Å². The summed E-state index contributed by atoms with van der Waals surface area (Å²) in [6, 6.07) is 2.38. The monoisotopic (exact) mass is 351 g/mol. The summed E-state index contributed by atoms with van der Waals surface area (Å²) in [5, 5.41) is 2.51. The third kappa shape index (κ3) is 2.29. The van der Waals surface area contributed by atoms with Crippen LogP contribution in [0.15, 0.2) is 12.1 Å². The highest BCUT2D eigenvalue weighted by molar-refractivity contribution is 5.97. The second-order valence-corrected chi connectivity index (χ2v) is 6.67. The van der Waals surface area contributed by atoms with E-state index in [0.29, 0.717) is 0 Å². The summed E-state index contributed by atoms with van der Waals surface area (Å²) in [5.74, 6) is -0.752. The molecule has 0 spiro atoms. The molecule has 3 aliphatic rings. The summed E-state index contributed by atoms with van der Waals surface area (Å²) in [7, 11) is 0. The fourth-order valence-corrected chi connectivity index (χ4v) is 3.93. The average Bonchev–Trinajstić information content (AvgIpc) is 2.45. The van der Waals surface area contributed by atoms with Crippen molar-refractivity contribution in [2.45, 2.75) is 51.0 Å². The highest BCUT2D eigenvalue weighted by Crippen LogP contribution is 2.73. The van der Waals surface area contributed by atoms with E-state index in [1.807, 2.05) is 0 Å². The van der Waals surface area contributed by atoms with Crippen molar-refractivity contribution >= 4 is 5.91 Å². The van der Waals surface area contributed by atoms with Crippen molar-refractivity contribution in [3.63, 3.8) is 0 Å². The van der Waals surface area contributed by atoms with Gasteiger partial charge in [-0.2, -0.15) is 13.2 Å². The molecule has 2 bridgehead atoms. The molecule has 132 valence electrons. The Labute approximate surface area is 134 Å². The SMILES string of the molecule is O=C(NC12CC(C(F)(F)F)(C1)C2)c1ccc(CF)c(CF)c1CF. The zero-order valence-electron chi connectivity index (χ0n) is 12.6. The minimum atomic E-state index is -4.30. The van der Waals surface area contributed by atoms with Crippen LogP contribution in [0.2, 0.25) is 0 Å². The van der Waals surface area contributed by atoms with Crippen molar-refractivity contribution in [3.05, 3.63) is 34.4 Å². The Bertz CT molecular complexity index is 664. The normalized spacial score (nSPS) is 28.1. The standard InChI is InChI=1S/C16H15F6NO/c17-3-9-1-2-10(12(5-19)11(9)4-18)13(24)23-15-6-14(7-15,8-15)16(20,21)22/h1-2H,3-8H2,(H,23,24). The Balaban J connectivity index is 1.78. The molecule has 0 saturated heterocycles. The zero-order valence-corrected chi connectivity index (χ0v) is 12.6. The number of hydrogen-bond acceptors (Lipinski definition) is 1. The Kier molecular flexibility index (Phi) is 3.84. The van der Waals surface area contributed by atoms with Gasteiger partial charge in [-0.05, 0) is 36.5 Å². The number of rotatable bonds is 5. The molecule has 3 fully saturated rings. The summed E-state index contributed by atoms with van der Waals surface area (Å²) in [5.41, 5.74) is -3.30. The van der Waals surface area contributed by atoms with Crippen LogP contribution in [0.3, 0.4) is 0 Å². The number of halogens is 6. The Morgan fingerprint density at radius 3 is 2.04 bits per heavy atom. The Morgan fingerprint density at radius 1 is 1.00 bits per heavy atom. The van der Waals surface area contributed by atoms with E-state index < -0.39 is 43.1 Å². The zero-order chi connectivity index (χ0) is 17.8. The fraction of sp³-hybridized carbons (Fsp3) is 0.562. The maximum Gasteiger partial charge on any atom is 0.394 e. The first-order valence-corrected chi connectivity index (χ1v) is 7.42. The molecule has 1 aromatic rings. The molecule has 1 amide bonds. The van der Waals surface area contributed by atoms with Gasteiger partial charge in [0.25, 0.3) is 5.91 Å². The molecule has 3 aliphatic carbocycles. The minimum Gasteiger partial charge on any atom is -0.347 e. The Morgan fingerprint density at radius 2 is 1.58 bits per heavy atom. The molecule has 2 nitrogen and oxygen atoms in total. The number of hydrogen-bond donors (Lipinski definition) is 1.